The predicted molar refractivity (Wildman–Crippen MR) is 190 cm³/mol. The normalized spacial score (nSPS) is 11.9. The fraction of sp³-hybridized carbons (Fsp3) is 0.895. The highest BCUT2D eigenvalue weighted by Gasteiger charge is 2.30. The van der Waals surface area contributed by atoms with E-state index in [1.165, 1.54) is 154 Å². The van der Waals surface area contributed by atoms with Gasteiger partial charge in [0.15, 0.2) is 0 Å². The first-order chi connectivity index (χ1) is 21.0. The van der Waals surface area contributed by atoms with Crippen LogP contribution in [0.25, 0.3) is 0 Å². The third kappa shape index (κ3) is 29.4. The van der Waals surface area contributed by atoms with E-state index in [1.807, 2.05) is 0 Å². The summed E-state index contributed by atoms with van der Waals surface area (Å²) >= 11 is 0. The van der Waals surface area contributed by atoms with Crippen LogP contribution in [0.2, 0.25) is 24.2 Å². The van der Waals surface area contributed by atoms with Crippen LogP contribution in [0, 0.1) is 0 Å². The Labute approximate surface area is 269 Å². The zero-order valence-corrected chi connectivity index (χ0v) is 30.2. The summed E-state index contributed by atoms with van der Waals surface area (Å²) < 4.78 is 5.06. The fourth-order valence-corrected chi connectivity index (χ4v) is 12.1. The third-order valence-electron chi connectivity index (χ3n) is 9.39. The standard InChI is InChI=1S/C38H74O4Si/c1-4-7-10-13-21-26-33-43(34-27-22-14-11-8-5-2,35-28-23-15-12-9-6-3)36-29-24-19-17-16-18-20-25-32-42-38(41)31-30-37(39)40/h30-31H,4-29,32-36H2,1-3H3,(H,39,40)/b31-30+. The molecule has 0 aliphatic carbocycles. The molecule has 0 fully saturated rings. The Morgan fingerprint density at radius 2 is 0.767 bits per heavy atom. The van der Waals surface area contributed by atoms with Gasteiger partial charge in [-0.05, 0) is 6.42 Å². The van der Waals surface area contributed by atoms with Crippen LogP contribution in [0.5, 0.6) is 0 Å². The minimum absolute atomic E-state index is 0.380. The lowest BCUT2D eigenvalue weighted by molar-refractivity contribution is -0.138. The van der Waals surface area contributed by atoms with Gasteiger partial charge in [-0.2, -0.15) is 0 Å². The van der Waals surface area contributed by atoms with Gasteiger partial charge in [0.1, 0.15) is 0 Å². The van der Waals surface area contributed by atoms with E-state index in [9.17, 15) is 9.59 Å². The molecule has 1 N–H and O–H groups in total. The molecule has 0 bridgehead atoms. The SMILES string of the molecule is CCCCCCCC[Si](CCCCCCCC)(CCCCCCCC)CCCCCCCCCCOC(=O)/C=C/C(=O)O. The molecule has 0 radical (unpaired) electrons. The van der Waals surface area contributed by atoms with E-state index < -0.39 is 20.0 Å². The van der Waals surface area contributed by atoms with Crippen LogP contribution in [0.3, 0.4) is 0 Å². The van der Waals surface area contributed by atoms with E-state index in [4.69, 9.17) is 9.84 Å². The number of aliphatic carboxylic acids is 1. The average Bonchev–Trinajstić information content (AvgIpc) is 3.00. The van der Waals surface area contributed by atoms with E-state index in [0.29, 0.717) is 6.61 Å². The summed E-state index contributed by atoms with van der Waals surface area (Å²) in [4.78, 5) is 21.9. The zero-order valence-electron chi connectivity index (χ0n) is 29.2. The summed E-state index contributed by atoms with van der Waals surface area (Å²) in [5.74, 6) is -1.69. The lowest BCUT2D eigenvalue weighted by Gasteiger charge is -2.33. The average molecular weight is 623 g/mol. The van der Waals surface area contributed by atoms with E-state index in [-0.39, 0.29) is 0 Å². The molecule has 0 aliphatic heterocycles. The number of ether oxygens (including phenoxy) is 1. The van der Waals surface area contributed by atoms with E-state index in [1.54, 1.807) is 24.2 Å². The Balaban J connectivity index is 4.59. The van der Waals surface area contributed by atoms with Gasteiger partial charge in [0.05, 0.1) is 14.7 Å². The van der Waals surface area contributed by atoms with Gasteiger partial charge < -0.3 is 9.84 Å². The molecule has 0 aromatic carbocycles. The molecule has 0 heterocycles. The first kappa shape index (κ1) is 41.9. The first-order valence-corrected chi connectivity index (χ1v) is 21.9. The quantitative estimate of drug-likeness (QED) is 0.0335. The Kier molecular flexibility index (Phi) is 31.5. The van der Waals surface area contributed by atoms with E-state index in [2.05, 4.69) is 20.8 Å². The van der Waals surface area contributed by atoms with Crippen molar-refractivity contribution in [2.24, 2.45) is 0 Å². The maximum atomic E-state index is 11.4. The number of hydrogen-bond donors (Lipinski definition) is 1. The largest absolute Gasteiger partial charge is 0.478 e. The number of esters is 1. The van der Waals surface area contributed by atoms with Gasteiger partial charge in [-0.15, -0.1) is 0 Å². The molecule has 0 saturated heterocycles. The van der Waals surface area contributed by atoms with Crippen molar-refractivity contribution in [2.45, 2.75) is 212 Å². The van der Waals surface area contributed by atoms with Crippen molar-refractivity contribution >= 4 is 20.0 Å². The summed E-state index contributed by atoms with van der Waals surface area (Å²) in [5, 5.41) is 8.56. The van der Waals surface area contributed by atoms with Gasteiger partial charge in [-0.1, -0.05) is 205 Å². The number of carbonyl (C=O) groups excluding carboxylic acids is 1. The molecule has 43 heavy (non-hydrogen) atoms. The minimum atomic E-state index is -1.19. The number of unbranched alkanes of at least 4 members (excludes halogenated alkanes) is 22. The highest BCUT2D eigenvalue weighted by Crippen LogP contribution is 2.35. The van der Waals surface area contributed by atoms with Crippen LogP contribution in [0.4, 0.5) is 0 Å². The molecule has 254 valence electrons. The van der Waals surface area contributed by atoms with Crippen molar-refractivity contribution in [3.63, 3.8) is 0 Å². The Bertz CT molecular complexity index is 607. The number of carboxylic acid groups (broad SMARTS) is 1. The van der Waals surface area contributed by atoms with Gasteiger partial charge in [0.2, 0.25) is 0 Å². The van der Waals surface area contributed by atoms with Crippen LogP contribution >= 0.6 is 0 Å². The molecule has 0 unspecified atom stereocenters. The number of carbonyl (C=O) groups is 2. The Hall–Kier alpha value is -1.10. The molecule has 0 rings (SSSR count). The number of hydrogen-bond acceptors (Lipinski definition) is 3. The molecule has 0 amide bonds. The zero-order chi connectivity index (χ0) is 31.7. The van der Waals surface area contributed by atoms with Crippen LogP contribution in [0.1, 0.15) is 188 Å². The Morgan fingerprint density at radius 3 is 1.09 bits per heavy atom. The third-order valence-corrected chi connectivity index (χ3v) is 15.0. The monoisotopic (exact) mass is 623 g/mol. The number of rotatable bonds is 34. The molecular weight excluding hydrogens is 549 g/mol. The second kappa shape index (κ2) is 32.3. The summed E-state index contributed by atoms with van der Waals surface area (Å²) in [6, 6.07) is 6.42. The second-order valence-corrected chi connectivity index (χ2v) is 18.5. The van der Waals surface area contributed by atoms with E-state index >= 15 is 0 Å². The summed E-state index contributed by atoms with van der Waals surface area (Å²) in [6.45, 7) is 7.35. The van der Waals surface area contributed by atoms with E-state index in [0.717, 1.165) is 25.0 Å². The Morgan fingerprint density at radius 1 is 0.465 bits per heavy atom. The smallest absolute Gasteiger partial charge is 0.331 e. The van der Waals surface area contributed by atoms with Gasteiger partial charge in [0.25, 0.3) is 0 Å². The van der Waals surface area contributed by atoms with Crippen LogP contribution in [-0.4, -0.2) is 31.7 Å². The molecular formula is C38H74O4Si. The summed E-state index contributed by atoms with van der Waals surface area (Å²) in [5.41, 5.74) is 0. The molecule has 0 aromatic heterocycles. The lowest BCUT2D eigenvalue weighted by Crippen LogP contribution is -2.34. The molecule has 0 aromatic rings. The van der Waals surface area contributed by atoms with Crippen molar-refractivity contribution in [2.75, 3.05) is 6.61 Å². The number of carboxylic acids is 1. The highest BCUT2D eigenvalue weighted by atomic mass is 28.3. The van der Waals surface area contributed by atoms with Crippen molar-refractivity contribution in [1.82, 2.24) is 0 Å². The van der Waals surface area contributed by atoms with Crippen LogP contribution in [-0.2, 0) is 14.3 Å². The molecule has 0 spiro atoms. The highest BCUT2D eigenvalue weighted by molar-refractivity contribution is 6.79. The van der Waals surface area contributed by atoms with Crippen molar-refractivity contribution < 1.29 is 19.4 Å². The minimum Gasteiger partial charge on any atom is -0.478 e. The van der Waals surface area contributed by atoms with Gasteiger partial charge >= 0.3 is 11.9 Å². The molecule has 0 atom stereocenters. The van der Waals surface area contributed by atoms with Crippen molar-refractivity contribution in [1.29, 1.82) is 0 Å². The van der Waals surface area contributed by atoms with Crippen LogP contribution in [0.15, 0.2) is 12.2 Å². The fourth-order valence-electron chi connectivity index (χ4n) is 6.61. The van der Waals surface area contributed by atoms with Gasteiger partial charge in [-0.25, -0.2) is 9.59 Å². The molecule has 4 nitrogen and oxygen atoms in total. The molecule has 0 aliphatic rings. The van der Waals surface area contributed by atoms with Crippen molar-refractivity contribution in [3.05, 3.63) is 12.2 Å². The summed E-state index contributed by atoms with van der Waals surface area (Å²) in [7, 11) is -1.19. The topological polar surface area (TPSA) is 63.6 Å². The second-order valence-electron chi connectivity index (χ2n) is 13.5. The molecule has 0 saturated carbocycles. The van der Waals surface area contributed by atoms with Gasteiger partial charge in [0, 0.05) is 12.2 Å². The maximum Gasteiger partial charge on any atom is 0.331 e. The summed E-state index contributed by atoms with van der Waals surface area (Å²) in [6.07, 6.45) is 37.7. The maximum absolute atomic E-state index is 11.4. The van der Waals surface area contributed by atoms with Gasteiger partial charge in [-0.3, -0.25) is 0 Å². The predicted octanol–water partition coefficient (Wildman–Crippen LogP) is 12.8. The first-order valence-electron chi connectivity index (χ1n) is 19.1. The van der Waals surface area contributed by atoms with Crippen molar-refractivity contribution in [3.8, 4) is 0 Å². The van der Waals surface area contributed by atoms with Crippen LogP contribution < -0.4 is 0 Å². The lowest BCUT2D eigenvalue weighted by atomic mass is 10.1. The molecule has 5 heteroatoms.